The SMILES string of the molecule is CC.CC(C)c1ccccc1-c1nnnn1-c1c(C(C)C)cccc1C(C)C.CCCCC. The maximum Gasteiger partial charge on any atom is 0.187 e. The highest BCUT2D eigenvalue weighted by Gasteiger charge is 2.22. The van der Waals surface area contributed by atoms with Gasteiger partial charge in [0.2, 0.25) is 0 Å². The van der Waals surface area contributed by atoms with Gasteiger partial charge in [-0.3, -0.25) is 0 Å². The van der Waals surface area contributed by atoms with Crippen LogP contribution < -0.4 is 0 Å². The van der Waals surface area contributed by atoms with E-state index in [-0.39, 0.29) is 0 Å². The van der Waals surface area contributed by atoms with Crippen LogP contribution in [0.2, 0.25) is 0 Å². The second-order valence-corrected chi connectivity index (χ2v) is 9.10. The lowest BCUT2D eigenvalue weighted by molar-refractivity contribution is 0.740. The monoisotopic (exact) mass is 450 g/mol. The molecule has 3 rings (SSSR count). The molecule has 3 aromatic rings. The van der Waals surface area contributed by atoms with Crippen LogP contribution in [0.4, 0.5) is 0 Å². The van der Waals surface area contributed by atoms with Crippen LogP contribution in [0.3, 0.4) is 0 Å². The number of rotatable bonds is 7. The molecule has 0 radical (unpaired) electrons. The van der Waals surface area contributed by atoms with E-state index in [0.29, 0.717) is 17.8 Å². The van der Waals surface area contributed by atoms with Crippen molar-refractivity contribution in [1.82, 2.24) is 20.2 Å². The van der Waals surface area contributed by atoms with Gasteiger partial charge in [-0.1, -0.05) is 131 Å². The number of aromatic nitrogens is 4. The Hall–Kier alpha value is -2.49. The Kier molecular flexibility index (Phi) is 12.6. The van der Waals surface area contributed by atoms with Crippen molar-refractivity contribution in [3.8, 4) is 17.1 Å². The molecule has 0 spiro atoms. The van der Waals surface area contributed by atoms with E-state index in [1.54, 1.807) is 0 Å². The number of unbranched alkanes of at least 4 members (excludes halogenated alkanes) is 2. The number of tetrazole rings is 1. The Labute approximate surface area is 202 Å². The van der Waals surface area contributed by atoms with E-state index in [9.17, 15) is 0 Å². The molecule has 2 aromatic carbocycles. The molecule has 0 aliphatic heterocycles. The van der Waals surface area contributed by atoms with Crippen molar-refractivity contribution < 1.29 is 0 Å². The van der Waals surface area contributed by atoms with Crippen molar-refractivity contribution in [3.63, 3.8) is 0 Å². The van der Waals surface area contributed by atoms with E-state index >= 15 is 0 Å². The molecular weight excluding hydrogens is 404 g/mol. The van der Waals surface area contributed by atoms with Crippen molar-refractivity contribution in [2.24, 2.45) is 0 Å². The lowest BCUT2D eigenvalue weighted by atomic mass is 9.92. The average Bonchev–Trinajstić information content (AvgIpc) is 3.30. The van der Waals surface area contributed by atoms with Gasteiger partial charge in [-0.25, -0.2) is 0 Å². The molecule has 0 saturated heterocycles. The summed E-state index contributed by atoms with van der Waals surface area (Å²) in [6.45, 7) is 21.7. The molecule has 182 valence electrons. The van der Waals surface area contributed by atoms with E-state index in [2.05, 4.69) is 113 Å². The fourth-order valence-corrected chi connectivity index (χ4v) is 3.82. The molecule has 1 aromatic heterocycles. The molecule has 0 atom stereocenters. The lowest BCUT2D eigenvalue weighted by Gasteiger charge is -2.20. The van der Waals surface area contributed by atoms with Crippen LogP contribution in [0.5, 0.6) is 0 Å². The summed E-state index contributed by atoms with van der Waals surface area (Å²) >= 11 is 0. The summed E-state index contributed by atoms with van der Waals surface area (Å²) in [7, 11) is 0. The van der Waals surface area contributed by atoms with Crippen molar-refractivity contribution in [2.75, 3.05) is 0 Å². The average molecular weight is 451 g/mol. The van der Waals surface area contributed by atoms with Crippen LogP contribution in [-0.4, -0.2) is 20.2 Å². The highest BCUT2D eigenvalue weighted by atomic mass is 15.5. The van der Waals surface area contributed by atoms with Gasteiger partial charge in [-0.05, 0) is 44.9 Å². The first-order valence-corrected chi connectivity index (χ1v) is 12.8. The first-order valence-electron chi connectivity index (χ1n) is 12.8. The van der Waals surface area contributed by atoms with Gasteiger partial charge in [0, 0.05) is 5.56 Å². The van der Waals surface area contributed by atoms with Gasteiger partial charge >= 0.3 is 0 Å². The molecule has 0 amide bonds. The fraction of sp³-hybridized carbons (Fsp3) is 0.552. The first-order chi connectivity index (χ1) is 15.8. The van der Waals surface area contributed by atoms with Gasteiger partial charge in [0.15, 0.2) is 5.82 Å². The molecule has 0 aliphatic carbocycles. The van der Waals surface area contributed by atoms with E-state index in [0.717, 1.165) is 17.1 Å². The summed E-state index contributed by atoms with van der Waals surface area (Å²) in [6.07, 6.45) is 4.08. The Balaban J connectivity index is 0.000000689. The summed E-state index contributed by atoms with van der Waals surface area (Å²) < 4.78 is 1.94. The largest absolute Gasteiger partial charge is 0.192 e. The van der Waals surface area contributed by atoms with Gasteiger partial charge in [0.05, 0.1) is 5.69 Å². The smallest absolute Gasteiger partial charge is 0.187 e. The van der Waals surface area contributed by atoms with Crippen LogP contribution >= 0.6 is 0 Å². The minimum atomic E-state index is 0.390. The van der Waals surface area contributed by atoms with E-state index in [4.69, 9.17) is 0 Å². The predicted molar refractivity (Wildman–Crippen MR) is 143 cm³/mol. The zero-order chi connectivity index (χ0) is 25.0. The number of hydrogen-bond acceptors (Lipinski definition) is 3. The number of benzene rings is 2. The molecule has 1 heterocycles. The summed E-state index contributed by atoms with van der Waals surface area (Å²) in [5.74, 6) is 1.99. The first kappa shape index (κ1) is 28.5. The molecule has 4 heteroatoms. The topological polar surface area (TPSA) is 43.6 Å². The van der Waals surface area contributed by atoms with Crippen molar-refractivity contribution >= 4 is 0 Å². The molecule has 0 aliphatic rings. The second kappa shape index (κ2) is 14.6. The predicted octanol–water partition coefficient (Wildman–Crippen LogP) is 8.92. The summed E-state index contributed by atoms with van der Waals surface area (Å²) in [6, 6.07) is 14.9. The molecule has 4 nitrogen and oxygen atoms in total. The molecule has 0 N–H and O–H groups in total. The van der Waals surface area contributed by atoms with Crippen LogP contribution in [0.25, 0.3) is 17.1 Å². The Bertz CT molecular complexity index is 910. The zero-order valence-electron chi connectivity index (χ0n) is 22.7. The Morgan fingerprint density at radius 2 is 1.18 bits per heavy atom. The fourth-order valence-electron chi connectivity index (χ4n) is 3.82. The minimum absolute atomic E-state index is 0.390. The summed E-state index contributed by atoms with van der Waals surface area (Å²) in [5, 5.41) is 12.9. The highest BCUT2D eigenvalue weighted by molar-refractivity contribution is 5.64. The summed E-state index contributed by atoms with van der Waals surface area (Å²) in [4.78, 5) is 0. The van der Waals surface area contributed by atoms with E-state index in [1.165, 1.54) is 36.0 Å². The standard InChI is InChI=1S/C22H28N4.C5H12.C2H6/c1-14(2)17-10-7-8-11-20(17)22-23-24-25-26(22)21-18(15(3)4)12-9-13-19(21)16(5)6;1-3-5-4-2;1-2/h7-16H,1-6H3;3-5H2,1-2H3;1-2H3. The van der Waals surface area contributed by atoms with Crippen LogP contribution in [0, 0.1) is 0 Å². The van der Waals surface area contributed by atoms with Crippen LogP contribution in [-0.2, 0) is 0 Å². The normalized spacial score (nSPS) is 10.7. The second-order valence-electron chi connectivity index (χ2n) is 9.10. The Morgan fingerprint density at radius 1 is 0.697 bits per heavy atom. The Morgan fingerprint density at radius 3 is 1.64 bits per heavy atom. The molecule has 0 unspecified atom stereocenters. The van der Waals surface area contributed by atoms with Crippen molar-refractivity contribution in [3.05, 3.63) is 59.2 Å². The van der Waals surface area contributed by atoms with Gasteiger partial charge in [-0.2, -0.15) is 4.68 Å². The number of para-hydroxylation sites is 1. The third-order valence-electron chi connectivity index (χ3n) is 5.55. The third kappa shape index (κ3) is 7.52. The summed E-state index contributed by atoms with van der Waals surface area (Å²) in [5.41, 5.74) is 6.02. The maximum absolute atomic E-state index is 4.41. The molecular formula is C29H46N4. The van der Waals surface area contributed by atoms with Crippen LogP contribution in [0.15, 0.2) is 42.5 Å². The molecule has 0 saturated carbocycles. The number of nitrogens with zero attached hydrogens (tertiary/aromatic N) is 4. The lowest BCUT2D eigenvalue weighted by Crippen LogP contribution is -2.10. The van der Waals surface area contributed by atoms with Gasteiger partial charge < -0.3 is 0 Å². The third-order valence-corrected chi connectivity index (χ3v) is 5.55. The molecule has 0 fully saturated rings. The number of hydrogen-bond donors (Lipinski definition) is 0. The zero-order valence-corrected chi connectivity index (χ0v) is 22.7. The molecule has 0 bridgehead atoms. The minimum Gasteiger partial charge on any atom is -0.192 e. The van der Waals surface area contributed by atoms with E-state index in [1.807, 2.05) is 18.5 Å². The van der Waals surface area contributed by atoms with Crippen molar-refractivity contribution in [2.45, 2.75) is 106 Å². The van der Waals surface area contributed by atoms with Crippen LogP contribution in [0.1, 0.15) is 123 Å². The van der Waals surface area contributed by atoms with Gasteiger partial charge in [0.1, 0.15) is 0 Å². The quantitative estimate of drug-likeness (QED) is 0.361. The van der Waals surface area contributed by atoms with Gasteiger partial charge in [-0.15, -0.1) is 5.10 Å². The molecule has 33 heavy (non-hydrogen) atoms. The van der Waals surface area contributed by atoms with E-state index < -0.39 is 0 Å². The maximum atomic E-state index is 4.41. The highest BCUT2D eigenvalue weighted by Crippen LogP contribution is 2.34. The van der Waals surface area contributed by atoms with Crippen molar-refractivity contribution in [1.29, 1.82) is 0 Å². The van der Waals surface area contributed by atoms with Gasteiger partial charge in [0.25, 0.3) is 0 Å².